The number of fused-ring (bicyclic) bond motifs is 1. The first-order valence-corrected chi connectivity index (χ1v) is 13.5. The van der Waals surface area contributed by atoms with Gasteiger partial charge in [-0.3, -0.25) is 14.4 Å². The summed E-state index contributed by atoms with van der Waals surface area (Å²) in [5.74, 6) is -0.406. The second kappa shape index (κ2) is 13.9. The van der Waals surface area contributed by atoms with E-state index in [0.717, 1.165) is 21.6 Å². The van der Waals surface area contributed by atoms with Gasteiger partial charge in [0, 0.05) is 48.9 Å². The molecule has 0 fully saturated rings. The number of carbonyl (C=O) groups excluding carboxylic acids is 3. The molecule has 1 heterocycles. The molecule has 0 aliphatic carbocycles. The fourth-order valence-electron chi connectivity index (χ4n) is 3.94. The molecule has 35 heavy (non-hydrogen) atoms. The highest BCUT2D eigenvalue weighted by molar-refractivity contribution is 7.18. The topological polar surface area (TPSA) is 79.4 Å². The molecule has 0 aliphatic heterocycles. The van der Waals surface area contributed by atoms with Gasteiger partial charge in [0.25, 0.3) is 0 Å². The first-order valence-electron chi connectivity index (χ1n) is 12.3. The molecule has 6 nitrogen and oxygen atoms in total. The molecule has 3 atom stereocenters. The Morgan fingerprint density at radius 2 is 1.94 bits per heavy atom. The number of carbonyl (C=O) groups is 3. The number of benzene rings is 1. The number of rotatable bonds is 15. The number of hydrogen-bond donors (Lipinski definition) is 1. The van der Waals surface area contributed by atoms with Crippen LogP contribution in [0.4, 0.5) is 0 Å². The lowest BCUT2D eigenvalue weighted by atomic mass is 9.91. The summed E-state index contributed by atoms with van der Waals surface area (Å²) in [6.45, 7) is 10.4. The van der Waals surface area contributed by atoms with Crippen molar-refractivity contribution in [1.29, 1.82) is 0 Å². The Morgan fingerprint density at radius 1 is 1.23 bits per heavy atom. The van der Waals surface area contributed by atoms with E-state index in [1.54, 1.807) is 6.07 Å². The van der Waals surface area contributed by atoms with Crippen molar-refractivity contribution in [3.05, 3.63) is 40.4 Å². The molecule has 1 N–H and O–H groups in total. The average molecular weight is 520 g/mol. The van der Waals surface area contributed by atoms with Crippen molar-refractivity contribution in [2.45, 2.75) is 65.3 Å². The summed E-state index contributed by atoms with van der Waals surface area (Å²) in [4.78, 5) is 44.8. The monoisotopic (exact) mass is 519 g/mol. The minimum Gasteiger partial charge on any atom is -0.353 e. The first-order chi connectivity index (χ1) is 16.5. The van der Waals surface area contributed by atoms with Crippen LogP contribution in [0.2, 0.25) is 5.02 Å². The van der Waals surface area contributed by atoms with Crippen molar-refractivity contribution in [3.8, 4) is 0 Å². The van der Waals surface area contributed by atoms with Crippen LogP contribution in [-0.4, -0.2) is 54.0 Å². The van der Waals surface area contributed by atoms with Crippen molar-refractivity contribution in [2.75, 3.05) is 20.6 Å². The lowest BCUT2D eigenvalue weighted by Gasteiger charge is -2.27. The fourth-order valence-corrected chi connectivity index (χ4v) is 5.26. The van der Waals surface area contributed by atoms with Gasteiger partial charge in [0.15, 0.2) is 5.78 Å². The molecular weight excluding hydrogens is 482 g/mol. The van der Waals surface area contributed by atoms with Gasteiger partial charge in [-0.15, -0.1) is 11.3 Å². The summed E-state index contributed by atoms with van der Waals surface area (Å²) in [6, 6.07) is 5.37. The van der Waals surface area contributed by atoms with Crippen LogP contribution in [0, 0.1) is 11.8 Å². The molecule has 8 heteroatoms. The maximum absolute atomic E-state index is 13.4. The van der Waals surface area contributed by atoms with Gasteiger partial charge in [-0.05, 0) is 44.6 Å². The van der Waals surface area contributed by atoms with Crippen LogP contribution in [-0.2, 0) is 20.8 Å². The van der Waals surface area contributed by atoms with Gasteiger partial charge in [-0.25, -0.2) is 4.98 Å². The Morgan fingerprint density at radius 3 is 2.57 bits per heavy atom. The molecule has 0 saturated heterocycles. The average Bonchev–Trinajstić information content (AvgIpc) is 3.21. The van der Waals surface area contributed by atoms with Crippen LogP contribution < -0.4 is 5.32 Å². The number of likely N-dealkylation sites (N-methyl/N-ethyl adjacent to an activating group) is 1. The van der Waals surface area contributed by atoms with Crippen molar-refractivity contribution < 1.29 is 14.4 Å². The van der Waals surface area contributed by atoms with Gasteiger partial charge in [0.05, 0.1) is 21.1 Å². The first kappa shape index (κ1) is 29.1. The third kappa shape index (κ3) is 9.13. The van der Waals surface area contributed by atoms with Crippen LogP contribution in [0.1, 0.15) is 57.9 Å². The van der Waals surface area contributed by atoms with E-state index in [1.807, 2.05) is 38.1 Å². The number of halogens is 1. The zero-order chi connectivity index (χ0) is 26.1. The molecule has 1 aromatic heterocycles. The largest absolute Gasteiger partial charge is 0.353 e. The fraction of sp³-hybridized carbons (Fsp3) is 0.556. The highest BCUT2D eigenvalue weighted by Crippen LogP contribution is 2.28. The minimum atomic E-state index is -0.510. The lowest BCUT2D eigenvalue weighted by Crippen LogP contribution is -2.43. The van der Waals surface area contributed by atoms with Crippen molar-refractivity contribution in [3.63, 3.8) is 0 Å². The van der Waals surface area contributed by atoms with Crippen LogP contribution in [0.3, 0.4) is 0 Å². The zero-order valence-corrected chi connectivity index (χ0v) is 23.1. The summed E-state index contributed by atoms with van der Waals surface area (Å²) in [7, 11) is 3.80. The Balaban J connectivity index is 2.14. The Labute approximate surface area is 218 Å². The smallest absolute Gasteiger partial charge is 0.224 e. The molecule has 0 aliphatic rings. The molecule has 1 amide bonds. The van der Waals surface area contributed by atoms with Crippen molar-refractivity contribution in [2.24, 2.45) is 11.8 Å². The van der Waals surface area contributed by atoms with Gasteiger partial charge >= 0.3 is 0 Å². The van der Waals surface area contributed by atoms with E-state index in [1.165, 1.54) is 11.3 Å². The summed E-state index contributed by atoms with van der Waals surface area (Å²) >= 11 is 7.61. The number of ketones is 2. The van der Waals surface area contributed by atoms with Gasteiger partial charge in [0.2, 0.25) is 5.91 Å². The zero-order valence-electron chi connectivity index (χ0n) is 21.5. The number of nitrogens with one attached hydrogen (secondary N) is 1. The normalized spacial score (nSPS) is 14.0. The van der Waals surface area contributed by atoms with Gasteiger partial charge in [0.1, 0.15) is 5.78 Å². The van der Waals surface area contributed by atoms with Crippen LogP contribution in [0.5, 0.6) is 0 Å². The molecule has 2 aromatic rings. The molecule has 0 saturated carbocycles. The Bertz CT molecular complexity index is 1050. The van der Waals surface area contributed by atoms with Crippen molar-refractivity contribution in [1.82, 2.24) is 15.2 Å². The number of Topliss-reactive ketones (excluding diaryl/α,β-unsaturated/α-hetero) is 2. The number of nitrogens with zero attached hydrogens (tertiary/aromatic N) is 2. The number of thiazole rings is 1. The van der Waals surface area contributed by atoms with Crippen LogP contribution >= 0.6 is 22.9 Å². The van der Waals surface area contributed by atoms with E-state index >= 15 is 0 Å². The standard InChI is InChI=1S/C27H38ClN3O3S/c1-7-17(3)22(11-12-24(33)18(4)16-31(5)6)30-27(34)19(13-21(32)8-2)14-26-29-23-10-9-20(28)15-25(23)35-26/h9-10,15,17,19,22H,4,7-8,11-14,16H2,1-3,5-6H3,(H,30,34)/t17-,19-,22+/m0/s1. The summed E-state index contributed by atoms with van der Waals surface area (Å²) < 4.78 is 0.961. The van der Waals surface area contributed by atoms with Crippen LogP contribution in [0.15, 0.2) is 30.4 Å². The summed E-state index contributed by atoms with van der Waals surface area (Å²) in [5, 5.41) is 4.62. The molecule has 0 spiro atoms. The second-order valence-corrected chi connectivity index (χ2v) is 11.1. The minimum absolute atomic E-state index is 0.0205. The quantitative estimate of drug-likeness (QED) is 0.315. The predicted molar refractivity (Wildman–Crippen MR) is 145 cm³/mol. The number of hydrogen-bond acceptors (Lipinski definition) is 6. The third-order valence-electron chi connectivity index (χ3n) is 6.30. The molecule has 0 bridgehead atoms. The Kier molecular flexibility index (Phi) is 11.5. The number of amides is 1. The number of aromatic nitrogens is 1. The van der Waals surface area contributed by atoms with E-state index in [2.05, 4.69) is 30.7 Å². The summed E-state index contributed by atoms with van der Waals surface area (Å²) in [6.07, 6.45) is 2.69. The van der Waals surface area contributed by atoms with E-state index < -0.39 is 5.92 Å². The molecule has 192 valence electrons. The van der Waals surface area contributed by atoms with E-state index in [0.29, 0.717) is 42.8 Å². The lowest BCUT2D eigenvalue weighted by molar-refractivity contribution is -0.130. The summed E-state index contributed by atoms with van der Waals surface area (Å²) in [5.41, 5.74) is 1.41. The van der Waals surface area contributed by atoms with Crippen LogP contribution in [0.25, 0.3) is 10.2 Å². The highest BCUT2D eigenvalue weighted by atomic mass is 35.5. The van der Waals surface area contributed by atoms with Crippen molar-refractivity contribution >= 4 is 50.6 Å². The molecule has 0 unspecified atom stereocenters. The molecule has 0 radical (unpaired) electrons. The molecule has 2 rings (SSSR count). The van der Waals surface area contributed by atoms with Gasteiger partial charge < -0.3 is 10.2 Å². The maximum atomic E-state index is 13.4. The van der Waals surface area contributed by atoms with Gasteiger partial charge in [-0.1, -0.05) is 45.4 Å². The van der Waals surface area contributed by atoms with Gasteiger partial charge in [-0.2, -0.15) is 0 Å². The molecular formula is C27H38ClN3O3S. The SMILES string of the molecule is C=C(CN(C)C)C(=O)CC[C@@H](NC(=O)[C@@H](CC(=O)CC)Cc1nc2ccc(Cl)cc2s1)[C@@H](C)CC. The Hall–Kier alpha value is -2.09. The molecule has 1 aromatic carbocycles. The third-order valence-corrected chi connectivity index (χ3v) is 7.57. The second-order valence-electron chi connectivity index (χ2n) is 9.52. The van der Waals surface area contributed by atoms with E-state index in [-0.39, 0.29) is 35.9 Å². The highest BCUT2D eigenvalue weighted by Gasteiger charge is 2.27. The van der Waals surface area contributed by atoms with E-state index in [9.17, 15) is 14.4 Å². The maximum Gasteiger partial charge on any atom is 0.224 e. The predicted octanol–water partition coefficient (Wildman–Crippen LogP) is 5.48. The van der Waals surface area contributed by atoms with E-state index in [4.69, 9.17) is 11.6 Å².